The summed E-state index contributed by atoms with van der Waals surface area (Å²) in [5.74, 6) is 1.75. The molecule has 0 amide bonds. The quantitative estimate of drug-likeness (QED) is 0.783. The molecule has 1 saturated heterocycles. The Bertz CT molecular complexity index is 537. The van der Waals surface area contributed by atoms with E-state index in [4.69, 9.17) is 18.8 Å². The summed E-state index contributed by atoms with van der Waals surface area (Å²) in [5.41, 5.74) is 1.36. The number of benzene rings is 1. The molecule has 1 fully saturated rings. The topological polar surface area (TPSA) is 36.9 Å². The molecule has 3 rings (SSSR count). The van der Waals surface area contributed by atoms with Crippen LogP contribution in [0.1, 0.15) is 39.7 Å². The zero-order chi connectivity index (χ0) is 15.3. The first-order valence-corrected chi connectivity index (χ1v) is 7.54. The Morgan fingerprint density at radius 2 is 1.76 bits per heavy atom. The molecule has 0 unspecified atom stereocenters. The van der Waals surface area contributed by atoms with Gasteiger partial charge in [0, 0.05) is 11.0 Å². The minimum Gasteiger partial charge on any atom is -0.497 e. The molecule has 0 bridgehead atoms. The summed E-state index contributed by atoms with van der Waals surface area (Å²) in [6, 6.07) is 3.99. The monoisotopic (exact) mass is 290 g/mol. The smallest absolute Gasteiger partial charge is 0.497 e. The predicted octanol–water partition coefficient (Wildman–Crippen LogP) is 2.32. The van der Waals surface area contributed by atoms with E-state index in [1.165, 1.54) is 0 Å². The lowest BCUT2D eigenvalue weighted by Gasteiger charge is -2.32. The Kier molecular flexibility index (Phi) is 3.45. The molecule has 0 radical (unpaired) electrons. The minimum atomic E-state index is -0.405. The number of hydrogen-bond acceptors (Lipinski definition) is 4. The Morgan fingerprint density at radius 1 is 1.10 bits per heavy atom. The SMILES string of the molecule is COc1c(B2OC(C)(C)C(C)(C)O2)ccc2c1CCCO2. The highest BCUT2D eigenvalue weighted by atomic mass is 16.7. The first-order chi connectivity index (χ1) is 9.86. The first-order valence-electron chi connectivity index (χ1n) is 7.54. The number of methoxy groups -OCH3 is 1. The largest absolute Gasteiger partial charge is 0.498 e. The van der Waals surface area contributed by atoms with Crippen LogP contribution >= 0.6 is 0 Å². The van der Waals surface area contributed by atoms with Crippen molar-refractivity contribution in [2.45, 2.75) is 51.7 Å². The van der Waals surface area contributed by atoms with Crippen LogP contribution in [0.4, 0.5) is 0 Å². The third kappa shape index (κ3) is 2.32. The van der Waals surface area contributed by atoms with Gasteiger partial charge < -0.3 is 18.8 Å². The standard InChI is InChI=1S/C16H23BO4/c1-15(2)16(3,4)21-17(20-15)12-8-9-13-11(14(12)18-5)7-6-10-19-13/h8-9H,6-7,10H2,1-5H3. The van der Waals surface area contributed by atoms with E-state index in [1.54, 1.807) is 7.11 Å². The molecule has 2 aliphatic rings. The molecule has 0 atom stereocenters. The fourth-order valence-electron chi connectivity index (χ4n) is 2.83. The highest BCUT2D eigenvalue weighted by Crippen LogP contribution is 2.39. The van der Waals surface area contributed by atoms with Gasteiger partial charge >= 0.3 is 7.12 Å². The van der Waals surface area contributed by atoms with Crippen LogP contribution in [0.5, 0.6) is 11.5 Å². The molecule has 0 saturated carbocycles. The molecule has 0 N–H and O–H groups in total. The van der Waals surface area contributed by atoms with Gasteiger partial charge in [0.05, 0.1) is 24.9 Å². The Hall–Kier alpha value is -1.20. The predicted molar refractivity (Wildman–Crippen MR) is 82.5 cm³/mol. The normalized spacial score (nSPS) is 22.6. The zero-order valence-corrected chi connectivity index (χ0v) is 13.5. The molecule has 1 aromatic rings. The fourth-order valence-corrected chi connectivity index (χ4v) is 2.83. The van der Waals surface area contributed by atoms with Crippen LogP contribution in [-0.4, -0.2) is 32.0 Å². The van der Waals surface area contributed by atoms with Gasteiger partial charge in [-0.3, -0.25) is 0 Å². The Labute approximate surface area is 126 Å². The van der Waals surface area contributed by atoms with E-state index in [9.17, 15) is 0 Å². The molecule has 5 heteroatoms. The second-order valence-corrected chi connectivity index (χ2v) is 6.70. The van der Waals surface area contributed by atoms with Crippen molar-refractivity contribution < 1.29 is 18.8 Å². The fraction of sp³-hybridized carbons (Fsp3) is 0.625. The third-order valence-electron chi connectivity index (χ3n) is 4.79. The molecular weight excluding hydrogens is 267 g/mol. The second kappa shape index (κ2) is 4.92. The number of ether oxygens (including phenoxy) is 2. The highest BCUT2D eigenvalue weighted by molar-refractivity contribution is 6.63. The van der Waals surface area contributed by atoms with E-state index in [2.05, 4.69) is 27.7 Å². The molecule has 1 aromatic carbocycles. The maximum absolute atomic E-state index is 6.14. The van der Waals surface area contributed by atoms with E-state index in [0.29, 0.717) is 0 Å². The third-order valence-corrected chi connectivity index (χ3v) is 4.79. The van der Waals surface area contributed by atoms with E-state index in [1.807, 2.05) is 12.1 Å². The summed E-state index contributed by atoms with van der Waals surface area (Å²) in [4.78, 5) is 0. The molecule has 114 valence electrons. The van der Waals surface area contributed by atoms with E-state index >= 15 is 0 Å². The van der Waals surface area contributed by atoms with Gasteiger partial charge in [0.15, 0.2) is 0 Å². The van der Waals surface area contributed by atoms with Crippen molar-refractivity contribution in [3.63, 3.8) is 0 Å². The van der Waals surface area contributed by atoms with Crippen LogP contribution in [0.25, 0.3) is 0 Å². The van der Waals surface area contributed by atoms with Crippen molar-refractivity contribution in [1.29, 1.82) is 0 Å². The van der Waals surface area contributed by atoms with Crippen LogP contribution in [0, 0.1) is 0 Å². The average molecular weight is 290 g/mol. The Balaban J connectivity index is 2.00. The van der Waals surface area contributed by atoms with E-state index < -0.39 is 7.12 Å². The van der Waals surface area contributed by atoms with Crippen molar-refractivity contribution in [2.24, 2.45) is 0 Å². The molecular formula is C16H23BO4. The van der Waals surface area contributed by atoms with Crippen LogP contribution in [0.15, 0.2) is 12.1 Å². The van der Waals surface area contributed by atoms with Crippen molar-refractivity contribution in [3.8, 4) is 11.5 Å². The van der Waals surface area contributed by atoms with Crippen LogP contribution in [0.3, 0.4) is 0 Å². The molecule has 2 heterocycles. The Morgan fingerprint density at radius 3 is 2.38 bits per heavy atom. The first kappa shape index (κ1) is 14.7. The summed E-state index contributed by atoms with van der Waals surface area (Å²) >= 11 is 0. The van der Waals surface area contributed by atoms with Gasteiger partial charge in [-0.15, -0.1) is 0 Å². The molecule has 0 aliphatic carbocycles. The lowest BCUT2D eigenvalue weighted by Crippen LogP contribution is -2.41. The van der Waals surface area contributed by atoms with E-state index in [0.717, 1.165) is 42.0 Å². The molecule has 2 aliphatic heterocycles. The van der Waals surface area contributed by atoms with Gasteiger partial charge in [0.1, 0.15) is 11.5 Å². The summed E-state index contributed by atoms with van der Waals surface area (Å²) in [7, 11) is 1.29. The molecule has 0 spiro atoms. The zero-order valence-electron chi connectivity index (χ0n) is 13.5. The van der Waals surface area contributed by atoms with Gasteiger partial charge in [-0.1, -0.05) is 6.07 Å². The summed E-state index contributed by atoms with van der Waals surface area (Å²) in [6.07, 6.45) is 1.97. The number of rotatable bonds is 2. The summed E-state index contributed by atoms with van der Waals surface area (Å²) in [6.45, 7) is 9.00. The van der Waals surface area contributed by atoms with Crippen molar-refractivity contribution in [1.82, 2.24) is 0 Å². The minimum absolute atomic E-state index is 0.352. The average Bonchev–Trinajstić information content (AvgIpc) is 2.66. The van der Waals surface area contributed by atoms with Crippen LogP contribution < -0.4 is 14.9 Å². The van der Waals surface area contributed by atoms with Crippen LogP contribution in [0.2, 0.25) is 0 Å². The van der Waals surface area contributed by atoms with Gasteiger partial charge in [0.2, 0.25) is 0 Å². The van der Waals surface area contributed by atoms with E-state index in [-0.39, 0.29) is 11.2 Å². The lowest BCUT2D eigenvalue weighted by molar-refractivity contribution is 0.00578. The maximum atomic E-state index is 6.14. The van der Waals surface area contributed by atoms with Gasteiger partial charge in [-0.2, -0.15) is 0 Å². The van der Waals surface area contributed by atoms with Crippen molar-refractivity contribution in [3.05, 3.63) is 17.7 Å². The van der Waals surface area contributed by atoms with Gasteiger partial charge in [-0.25, -0.2) is 0 Å². The van der Waals surface area contributed by atoms with Crippen molar-refractivity contribution in [2.75, 3.05) is 13.7 Å². The summed E-state index contributed by atoms with van der Waals surface area (Å²) < 4.78 is 23.6. The maximum Gasteiger partial charge on any atom is 0.498 e. The second-order valence-electron chi connectivity index (χ2n) is 6.70. The van der Waals surface area contributed by atoms with Gasteiger partial charge in [0.25, 0.3) is 0 Å². The molecule has 4 nitrogen and oxygen atoms in total. The molecule has 21 heavy (non-hydrogen) atoms. The lowest BCUT2D eigenvalue weighted by atomic mass is 9.76. The number of hydrogen-bond donors (Lipinski definition) is 0. The number of fused-ring (bicyclic) bond motifs is 1. The van der Waals surface area contributed by atoms with Gasteiger partial charge in [-0.05, 0) is 46.6 Å². The summed E-state index contributed by atoms with van der Waals surface area (Å²) in [5, 5.41) is 0. The van der Waals surface area contributed by atoms with Crippen LogP contribution in [-0.2, 0) is 15.7 Å². The molecule has 0 aromatic heterocycles. The highest BCUT2D eigenvalue weighted by Gasteiger charge is 2.52. The van der Waals surface area contributed by atoms with Crippen molar-refractivity contribution >= 4 is 12.6 Å².